The largest absolute Gasteiger partial charge is 0.368 e. The molecule has 0 aromatic carbocycles. The smallest absolute Gasteiger partial charge is 0.239 e. The summed E-state index contributed by atoms with van der Waals surface area (Å²) in [7, 11) is 0. The summed E-state index contributed by atoms with van der Waals surface area (Å²) in [6, 6.07) is 0. The molecule has 0 saturated heterocycles. The van der Waals surface area contributed by atoms with Crippen LogP contribution in [0.3, 0.4) is 0 Å². The summed E-state index contributed by atoms with van der Waals surface area (Å²) in [6.07, 6.45) is 3.57. The highest BCUT2D eigenvalue weighted by molar-refractivity contribution is 6.31. The normalized spacial score (nSPS) is 19.4. The molecule has 1 saturated carbocycles. The third-order valence-corrected chi connectivity index (χ3v) is 3.45. The number of nitrogens with two attached hydrogens (primary N) is 2. The number of halogens is 1. The number of rotatable bonds is 4. The van der Waals surface area contributed by atoms with Crippen molar-refractivity contribution in [2.75, 3.05) is 0 Å². The van der Waals surface area contributed by atoms with Gasteiger partial charge in [0.2, 0.25) is 5.91 Å². The van der Waals surface area contributed by atoms with Crippen molar-refractivity contribution in [1.82, 2.24) is 9.78 Å². The van der Waals surface area contributed by atoms with Crippen molar-refractivity contribution in [3.05, 3.63) is 16.9 Å². The maximum absolute atomic E-state index is 11.4. The molecule has 0 aliphatic heterocycles. The Bertz CT molecular complexity index is 407. The van der Waals surface area contributed by atoms with Crippen LogP contribution in [0.1, 0.15) is 18.5 Å². The molecule has 1 amide bonds. The van der Waals surface area contributed by atoms with Crippen molar-refractivity contribution in [1.29, 1.82) is 0 Å². The number of hydrogen-bond donors (Lipinski definition) is 2. The molecule has 16 heavy (non-hydrogen) atoms. The number of hydrogen-bond acceptors (Lipinski definition) is 3. The van der Waals surface area contributed by atoms with Crippen molar-refractivity contribution in [3.63, 3.8) is 0 Å². The monoisotopic (exact) mass is 242 g/mol. The van der Waals surface area contributed by atoms with Gasteiger partial charge in [0.1, 0.15) is 5.54 Å². The molecular weight excluding hydrogens is 228 g/mol. The van der Waals surface area contributed by atoms with E-state index < -0.39 is 11.4 Å². The molecule has 1 heterocycles. The van der Waals surface area contributed by atoms with E-state index in [2.05, 4.69) is 5.10 Å². The second-order valence-electron chi connectivity index (χ2n) is 4.44. The van der Waals surface area contributed by atoms with Gasteiger partial charge in [-0.2, -0.15) is 5.10 Å². The fourth-order valence-corrected chi connectivity index (χ4v) is 2.00. The third-order valence-electron chi connectivity index (χ3n) is 3.07. The lowest BCUT2D eigenvalue weighted by Gasteiger charge is -2.25. The number of carbonyl (C=O) groups is 1. The van der Waals surface area contributed by atoms with Gasteiger partial charge in [0.15, 0.2) is 0 Å². The zero-order valence-electron chi connectivity index (χ0n) is 9.11. The Morgan fingerprint density at radius 3 is 2.75 bits per heavy atom. The highest BCUT2D eigenvalue weighted by Gasteiger charge is 2.47. The predicted octanol–water partition coefficient (Wildman–Crippen LogP) is 0.438. The quantitative estimate of drug-likeness (QED) is 0.803. The van der Waals surface area contributed by atoms with Gasteiger partial charge >= 0.3 is 0 Å². The van der Waals surface area contributed by atoms with E-state index in [0.29, 0.717) is 11.6 Å². The molecule has 88 valence electrons. The van der Waals surface area contributed by atoms with E-state index >= 15 is 0 Å². The van der Waals surface area contributed by atoms with E-state index in [1.807, 2.05) is 0 Å². The number of primary amides is 1. The lowest BCUT2D eigenvalue weighted by atomic mass is 9.94. The molecule has 5 nitrogen and oxygen atoms in total. The van der Waals surface area contributed by atoms with Crippen molar-refractivity contribution in [3.8, 4) is 0 Å². The topological polar surface area (TPSA) is 86.9 Å². The van der Waals surface area contributed by atoms with Gasteiger partial charge in [0.05, 0.1) is 17.3 Å². The fourth-order valence-electron chi connectivity index (χ4n) is 1.85. The summed E-state index contributed by atoms with van der Waals surface area (Å²) in [6.45, 7) is 2.10. The van der Waals surface area contributed by atoms with Crippen LogP contribution in [0.2, 0.25) is 5.02 Å². The van der Waals surface area contributed by atoms with Crippen LogP contribution in [0.25, 0.3) is 0 Å². The van der Waals surface area contributed by atoms with E-state index in [0.717, 1.165) is 18.5 Å². The first-order chi connectivity index (χ1) is 7.43. The first-order valence-corrected chi connectivity index (χ1v) is 5.59. The van der Waals surface area contributed by atoms with Crippen LogP contribution in [0.4, 0.5) is 0 Å². The average molecular weight is 243 g/mol. The zero-order valence-corrected chi connectivity index (χ0v) is 9.87. The summed E-state index contributed by atoms with van der Waals surface area (Å²) in [5.41, 5.74) is 11.2. The molecule has 1 unspecified atom stereocenters. The Morgan fingerprint density at radius 2 is 2.38 bits per heavy atom. The van der Waals surface area contributed by atoms with E-state index in [4.69, 9.17) is 23.1 Å². The maximum Gasteiger partial charge on any atom is 0.239 e. The van der Waals surface area contributed by atoms with Gasteiger partial charge in [0, 0.05) is 6.20 Å². The standard InChI is InChI=1S/C10H15ClN4O/c1-6-8(11)4-15(14-6)5-10(13,9(12)16)7-2-3-7/h4,7H,2-3,5,13H2,1H3,(H2,12,16). The van der Waals surface area contributed by atoms with Gasteiger partial charge in [-0.05, 0) is 25.7 Å². The van der Waals surface area contributed by atoms with Crippen molar-refractivity contribution >= 4 is 17.5 Å². The molecule has 1 aromatic heterocycles. The molecule has 1 aliphatic carbocycles. The van der Waals surface area contributed by atoms with Gasteiger partial charge in [-0.25, -0.2) is 0 Å². The predicted molar refractivity (Wildman–Crippen MR) is 60.8 cm³/mol. The van der Waals surface area contributed by atoms with Gasteiger partial charge in [-0.3, -0.25) is 9.48 Å². The number of carbonyl (C=O) groups excluding carboxylic acids is 1. The first kappa shape index (κ1) is 11.4. The Balaban J connectivity index is 2.20. The highest BCUT2D eigenvalue weighted by atomic mass is 35.5. The average Bonchev–Trinajstić information content (AvgIpc) is 2.96. The second kappa shape index (κ2) is 3.75. The number of amides is 1. The summed E-state index contributed by atoms with van der Waals surface area (Å²) in [5.74, 6) is -0.299. The van der Waals surface area contributed by atoms with Gasteiger partial charge in [-0.1, -0.05) is 11.6 Å². The first-order valence-electron chi connectivity index (χ1n) is 5.22. The number of aryl methyl sites for hydroxylation is 1. The molecule has 0 spiro atoms. The Morgan fingerprint density at radius 1 is 1.75 bits per heavy atom. The Kier molecular flexibility index (Phi) is 2.67. The van der Waals surface area contributed by atoms with Crippen LogP contribution >= 0.6 is 11.6 Å². The molecule has 1 aromatic rings. The van der Waals surface area contributed by atoms with Gasteiger partial charge in [0.25, 0.3) is 0 Å². The van der Waals surface area contributed by atoms with Crippen molar-refractivity contribution in [2.45, 2.75) is 31.8 Å². The van der Waals surface area contributed by atoms with Crippen LogP contribution in [-0.4, -0.2) is 21.2 Å². The Labute approximate surface area is 98.7 Å². The Hall–Kier alpha value is -1.07. The lowest BCUT2D eigenvalue weighted by Crippen LogP contribution is -2.56. The molecule has 1 fully saturated rings. The summed E-state index contributed by atoms with van der Waals surface area (Å²) < 4.78 is 1.60. The van der Waals surface area contributed by atoms with Crippen LogP contribution in [0.5, 0.6) is 0 Å². The molecular formula is C10H15ClN4O. The lowest BCUT2D eigenvalue weighted by molar-refractivity contribution is -0.124. The molecule has 1 atom stereocenters. The van der Waals surface area contributed by atoms with E-state index in [9.17, 15) is 4.79 Å². The van der Waals surface area contributed by atoms with E-state index in [1.165, 1.54) is 0 Å². The second-order valence-corrected chi connectivity index (χ2v) is 4.85. The fraction of sp³-hybridized carbons (Fsp3) is 0.600. The van der Waals surface area contributed by atoms with Crippen LogP contribution in [-0.2, 0) is 11.3 Å². The van der Waals surface area contributed by atoms with Gasteiger partial charge in [-0.15, -0.1) is 0 Å². The molecule has 0 bridgehead atoms. The van der Waals surface area contributed by atoms with E-state index in [-0.39, 0.29) is 5.92 Å². The summed E-state index contributed by atoms with van der Waals surface area (Å²) in [5, 5.41) is 4.76. The third kappa shape index (κ3) is 1.92. The minimum absolute atomic E-state index is 0.174. The van der Waals surface area contributed by atoms with Crippen LogP contribution in [0.15, 0.2) is 6.20 Å². The maximum atomic E-state index is 11.4. The molecule has 4 N–H and O–H groups in total. The molecule has 6 heteroatoms. The molecule has 0 radical (unpaired) electrons. The van der Waals surface area contributed by atoms with Crippen molar-refractivity contribution in [2.24, 2.45) is 17.4 Å². The van der Waals surface area contributed by atoms with Crippen molar-refractivity contribution < 1.29 is 4.79 Å². The SMILES string of the molecule is Cc1nn(CC(N)(C(N)=O)C2CC2)cc1Cl. The van der Waals surface area contributed by atoms with Crippen LogP contribution in [0, 0.1) is 12.8 Å². The van der Waals surface area contributed by atoms with Crippen LogP contribution < -0.4 is 11.5 Å². The minimum Gasteiger partial charge on any atom is -0.368 e. The summed E-state index contributed by atoms with van der Waals surface area (Å²) >= 11 is 5.89. The number of aromatic nitrogens is 2. The zero-order chi connectivity index (χ0) is 11.9. The molecule has 2 rings (SSSR count). The molecule has 1 aliphatic rings. The minimum atomic E-state index is -0.998. The van der Waals surface area contributed by atoms with Gasteiger partial charge < -0.3 is 11.5 Å². The highest BCUT2D eigenvalue weighted by Crippen LogP contribution is 2.39. The number of nitrogens with zero attached hydrogens (tertiary/aromatic N) is 2. The summed E-state index contributed by atoms with van der Waals surface area (Å²) in [4.78, 5) is 11.4. The van der Waals surface area contributed by atoms with E-state index in [1.54, 1.807) is 17.8 Å².